The lowest BCUT2D eigenvalue weighted by Gasteiger charge is -2.50. The molecule has 2 saturated heterocycles. The van der Waals surface area contributed by atoms with Gasteiger partial charge in [-0.2, -0.15) is 0 Å². The molecule has 0 radical (unpaired) electrons. The maximum atomic E-state index is 13.8. The summed E-state index contributed by atoms with van der Waals surface area (Å²) in [4.78, 5) is 39.6. The number of likely N-dealkylation sites (tertiary alicyclic amines) is 1. The molecule has 3 aliphatic rings. The van der Waals surface area contributed by atoms with Gasteiger partial charge in [-0.05, 0) is 93.0 Å². The number of carbonyl (C=O) groups is 3. The van der Waals surface area contributed by atoms with Crippen LogP contribution in [0.15, 0.2) is 72.8 Å². The van der Waals surface area contributed by atoms with E-state index in [1.165, 1.54) is 19.3 Å². The van der Waals surface area contributed by atoms with Crippen LogP contribution in [0.4, 0.5) is 0 Å². The van der Waals surface area contributed by atoms with Gasteiger partial charge in [0.2, 0.25) is 11.8 Å². The van der Waals surface area contributed by atoms with E-state index in [9.17, 15) is 19.5 Å². The van der Waals surface area contributed by atoms with Crippen molar-refractivity contribution in [2.75, 3.05) is 6.54 Å². The normalized spacial score (nSPS) is 24.4. The summed E-state index contributed by atoms with van der Waals surface area (Å²) in [6, 6.07) is 24.3. The van der Waals surface area contributed by atoms with Crippen molar-refractivity contribution in [2.45, 2.75) is 141 Å². The van der Waals surface area contributed by atoms with E-state index in [4.69, 9.17) is 14.6 Å². The second kappa shape index (κ2) is 18.7. The number of fused-ring (bicyclic) bond motifs is 1. The third kappa shape index (κ3) is 11.0. The number of benzene rings is 3. The molecule has 10 heteroatoms. The summed E-state index contributed by atoms with van der Waals surface area (Å²) < 4.78 is 13.6. The third-order valence-electron chi connectivity index (χ3n) is 11.4. The average molecular weight is 754 g/mol. The van der Waals surface area contributed by atoms with Crippen LogP contribution in [0, 0.1) is 5.92 Å². The number of carboxylic acids is 1. The molecule has 3 fully saturated rings. The molecule has 296 valence electrons. The number of piperidine rings is 1. The first-order valence-corrected chi connectivity index (χ1v) is 20.2. The Balaban J connectivity index is 1.21. The zero-order chi connectivity index (χ0) is 39.0. The van der Waals surface area contributed by atoms with E-state index < -0.39 is 12.3 Å². The molecule has 3 aromatic carbocycles. The molecule has 2 heterocycles. The number of aliphatic hydroxyl groups excluding tert-OH is 1. The Labute approximate surface area is 326 Å². The maximum Gasteiger partial charge on any atom is 0.303 e. The van der Waals surface area contributed by atoms with E-state index in [0.29, 0.717) is 50.7 Å². The van der Waals surface area contributed by atoms with E-state index in [0.717, 1.165) is 52.6 Å². The van der Waals surface area contributed by atoms with Crippen LogP contribution in [-0.4, -0.2) is 63.2 Å². The number of nitrogens with one attached hydrogen (secondary N) is 2. The van der Waals surface area contributed by atoms with Gasteiger partial charge in [0.25, 0.3) is 0 Å². The van der Waals surface area contributed by atoms with Gasteiger partial charge in [0.15, 0.2) is 6.29 Å². The summed E-state index contributed by atoms with van der Waals surface area (Å²) in [6.45, 7) is 7.11. The Morgan fingerprint density at radius 3 is 2.27 bits per heavy atom. The number of nitrogens with zero attached hydrogens (tertiary/aromatic N) is 1. The minimum atomic E-state index is -0.847. The highest BCUT2D eigenvalue weighted by Gasteiger charge is 2.44. The average Bonchev–Trinajstić information content (AvgIpc) is 3.18. The molecule has 1 saturated carbocycles. The predicted octanol–water partition coefficient (Wildman–Crippen LogP) is 7.59. The summed E-state index contributed by atoms with van der Waals surface area (Å²) in [5.74, 6) is -0.248. The van der Waals surface area contributed by atoms with Crippen LogP contribution < -0.4 is 10.6 Å². The number of ether oxygens (including phenoxy) is 2. The lowest BCUT2D eigenvalue weighted by molar-refractivity contribution is -0.255. The van der Waals surface area contributed by atoms with Crippen molar-refractivity contribution in [2.24, 2.45) is 5.92 Å². The molecular weight excluding hydrogens is 695 g/mol. The van der Waals surface area contributed by atoms with Crippen LogP contribution in [0.1, 0.15) is 126 Å². The number of aliphatic hydroxyl groups is 1. The summed E-state index contributed by atoms with van der Waals surface area (Å²) in [5, 5.41) is 24.8. The topological polar surface area (TPSA) is 137 Å². The van der Waals surface area contributed by atoms with Crippen molar-refractivity contribution in [3.8, 4) is 11.1 Å². The van der Waals surface area contributed by atoms with Gasteiger partial charge < -0.3 is 30.3 Å². The third-order valence-corrected chi connectivity index (χ3v) is 11.4. The zero-order valence-corrected chi connectivity index (χ0v) is 32.7. The van der Waals surface area contributed by atoms with Crippen molar-refractivity contribution in [1.29, 1.82) is 0 Å². The highest BCUT2D eigenvalue weighted by molar-refractivity contribution is 5.82. The SMILES string of the molecule is CC(C)(C)NC(=O)C1CCC2CCCCC2N1CC1CC(c2ccc(CO)cc2)OC(c2ccc(-c3ccccc3CNC(=O)CCCCC(=O)O)cc2)O1. The van der Waals surface area contributed by atoms with Gasteiger partial charge in [-0.25, -0.2) is 0 Å². The van der Waals surface area contributed by atoms with Crippen LogP contribution in [0.2, 0.25) is 0 Å². The molecule has 2 aliphatic heterocycles. The van der Waals surface area contributed by atoms with Gasteiger partial charge in [-0.3, -0.25) is 19.3 Å². The highest BCUT2D eigenvalue weighted by atomic mass is 16.7. The number of hydrogen-bond acceptors (Lipinski definition) is 7. The smallest absolute Gasteiger partial charge is 0.303 e. The zero-order valence-electron chi connectivity index (χ0n) is 32.7. The molecule has 1 aliphatic carbocycles. The molecule has 6 unspecified atom stereocenters. The molecular formula is C45H59N3O7. The van der Waals surface area contributed by atoms with Crippen LogP contribution in [0.5, 0.6) is 0 Å². The minimum Gasteiger partial charge on any atom is -0.481 e. The number of unbranched alkanes of at least 4 members (excludes halogenated alkanes) is 1. The monoisotopic (exact) mass is 753 g/mol. The highest BCUT2D eigenvalue weighted by Crippen LogP contribution is 2.42. The largest absolute Gasteiger partial charge is 0.481 e. The summed E-state index contributed by atoms with van der Waals surface area (Å²) in [7, 11) is 0. The number of amides is 2. The molecule has 55 heavy (non-hydrogen) atoms. The Morgan fingerprint density at radius 2 is 1.55 bits per heavy atom. The number of carbonyl (C=O) groups excluding carboxylic acids is 2. The van der Waals surface area contributed by atoms with Crippen LogP contribution >= 0.6 is 0 Å². The van der Waals surface area contributed by atoms with Crippen molar-refractivity contribution in [3.05, 3.63) is 95.1 Å². The first kappa shape index (κ1) is 40.6. The fraction of sp³-hybridized carbons (Fsp3) is 0.533. The van der Waals surface area contributed by atoms with Crippen molar-refractivity contribution >= 4 is 17.8 Å². The summed E-state index contributed by atoms with van der Waals surface area (Å²) >= 11 is 0. The van der Waals surface area contributed by atoms with Crippen LogP contribution in [0.3, 0.4) is 0 Å². The molecule has 6 atom stereocenters. The quantitative estimate of drug-likeness (QED) is 0.124. The lowest BCUT2D eigenvalue weighted by Crippen LogP contribution is -2.61. The first-order chi connectivity index (χ1) is 26.5. The Bertz CT molecular complexity index is 1740. The number of aliphatic carboxylic acids is 1. The number of carboxylic acid groups (broad SMARTS) is 1. The fourth-order valence-electron chi connectivity index (χ4n) is 8.62. The molecule has 10 nitrogen and oxygen atoms in total. The van der Waals surface area contributed by atoms with Crippen molar-refractivity contribution in [3.63, 3.8) is 0 Å². The van der Waals surface area contributed by atoms with E-state index in [-0.39, 0.29) is 48.6 Å². The molecule has 0 spiro atoms. The number of hydrogen-bond donors (Lipinski definition) is 4. The van der Waals surface area contributed by atoms with Gasteiger partial charge in [0.05, 0.1) is 24.9 Å². The summed E-state index contributed by atoms with van der Waals surface area (Å²) in [6.07, 6.45) is 7.65. The molecule has 0 bridgehead atoms. The van der Waals surface area contributed by atoms with Crippen molar-refractivity contribution < 1.29 is 34.1 Å². The number of rotatable bonds is 14. The maximum absolute atomic E-state index is 13.8. The van der Waals surface area contributed by atoms with E-state index >= 15 is 0 Å². The second-order valence-electron chi connectivity index (χ2n) is 16.6. The standard InChI is InChI=1S/C45H59N3O7/c1-45(2,3)47-43(53)39-25-24-32-10-5-7-13-38(32)48(39)28-36-26-40(33-18-16-30(29-49)17-19-33)55-44(54-36)34-22-20-31(21-23-34)37-12-6-4-11-35(37)27-46-41(50)14-8-9-15-42(51)52/h4,6,11-12,16-23,32,36,38-40,44,49H,5,7-10,13-15,24-29H2,1-3H3,(H,46,50)(H,47,53)(H,51,52). The van der Waals surface area contributed by atoms with Crippen LogP contribution in [0.25, 0.3) is 11.1 Å². The first-order valence-electron chi connectivity index (χ1n) is 20.2. The van der Waals surface area contributed by atoms with Gasteiger partial charge in [0.1, 0.15) is 0 Å². The molecule has 6 rings (SSSR count). The molecule has 2 amide bonds. The van der Waals surface area contributed by atoms with Gasteiger partial charge in [-0.15, -0.1) is 0 Å². The van der Waals surface area contributed by atoms with Gasteiger partial charge in [0, 0.05) is 49.5 Å². The molecule has 3 aromatic rings. The Kier molecular flexibility index (Phi) is 13.8. The van der Waals surface area contributed by atoms with E-state index in [1.54, 1.807) is 0 Å². The Hall–Kier alpha value is -4.09. The lowest BCUT2D eigenvalue weighted by atomic mass is 9.75. The fourth-order valence-corrected chi connectivity index (χ4v) is 8.62. The molecule has 0 aromatic heterocycles. The van der Waals surface area contributed by atoms with E-state index in [1.807, 2.05) is 81.4 Å². The van der Waals surface area contributed by atoms with Gasteiger partial charge >= 0.3 is 5.97 Å². The van der Waals surface area contributed by atoms with Gasteiger partial charge in [-0.1, -0.05) is 85.6 Å². The van der Waals surface area contributed by atoms with Crippen molar-refractivity contribution in [1.82, 2.24) is 15.5 Å². The van der Waals surface area contributed by atoms with E-state index in [2.05, 4.69) is 27.7 Å². The van der Waals surface area contributed by atoms with Crippen LogP contribution in [-0.2, 0) is 37.0 Å². The Morgan fingerprint density at radius 1 is 0.836 bits per heavy atom. The summed E-state index contributed by atoms with van der Waals surface area (Å²) in [5.41, 5.74) is 5.46. The second-order valence-corrected chi connectivity index (χ2v) is 16.6. The predicted molar refractivity (Wildman–Crippen MR) is 212 cm³/mol. The molecule has 4 N–H and O–H groups in total. The minimum absolute atomic E-state index is 0.0217.